The van der Waals surface area contributed by atoms with Gasteiger partial charge in [0.2, 0.25) is 0 Å². The maximum atomic E-state index is 10.3. The second-order valence-electron chi connectivity index (χ2n) is 9.01. The number of nitrogens with two attached hydrogens (primary N) is 1. The third-order valence-electron chi connectivity index (χ3n) is 5.75. The standard InChI is InChI=1S/C22H47NO5/c1-5-6-9-16(3)22(28)21(27)13-15(2)12-18(24)10-7-8-11-19(25)14-20(26)17(4)23/h15-22,24-28H,5-14,23H2,1-4H3/t15-,16+,17-,18-,19-,20-,21-,22-/m0/s1. The summed E-state index contributed by atoms with van der Waals surface area (Å²) >= 11 is 0. The van der Waals surface area contributed by atoms with Crippen molar-refractivity contribution in [2.45, 2.75) is 128 Å². The highest BCUT2D eigenvalue weighted by Crippen LogP contribution is 2.22. The van der Waals surface area contributed by atoms with Gasteiger partial charge in [-0.05, 0) is 50.9 Å². The summed E-state index contributed by atoms with van der Waals surface area (Å²) in [7, 11) is 0. The van der Waals surface area contributed by atoms with E-state index in [-0.39, 0.29) is 24.3 Å². The zero-order valence-corrected chi connectivity index (χ0v) is 18.5. The first-order chi connectivity index (χ1) is 13.1. The van der Waals surface area contributed by atoms with Crippen LogP contribution in [-0.2, 0) is 0 Å². The number of hydrogen-bond donors (Lipinski definition) is 6. The third kappa shape index (κ3) is 13.1. The minimum absolute atomic E-state index is 0.0827. The fourth-order valence-electron chi connectivity index (χ4n) is 3.68. The van der Waals surface area contributed by atoms with Gasteiger partial charge in [0.1, 0.15) is 0 Å². The Morgan fingerprint density at radius 3 is 1.71 bits per heavy atom. The lowest BCUT2D eigenvalue weighted by molar-refractivity contribution is -0.0288. The molecular formula is C22H47NO5. The van der Waals surface area contributed by atoms with Gasteiger partial charge in [-0.15, -0.1) is 0 Å². The van der Waals surface area contributed by atoms with Crippen LogP contribution >= 0.6 is 0 Å². The van der Waals surface area contributed by atoms with Crippen molar-refractivity contribution < 1.29 is 25.5 Å². The molecule has 0 amide bonds. The average molecular weight is 406 g/mol. The molecular weight excluding hydrogens is 358 g/mol. The Hall–Kier alpha value is -0.240. The Morgan fingerprint density at radius 1 is 0.679 bits per heavy atom. The molecule has 6 heteroatoms. The molecule has 0 saturated heterocycles. The van der Waals surface area contributed by atoms with E-state index in [0.29, 0.717) is 25.7 Å². The van der Waals surface area contributed by atoms with Gasteiger partial charge in [0, 0.05) is 12.5 Å². The largest absolute Gasteiger partial charge is 0.393 e. The smallest absolute Gasteiger partial charge is 0.0824 e. The Morgan fingerprint density at radius 2 is 1.21 bits per heavy atom. The Kier molecular flexibility index (Phi) is 15.4. The van der Waals surface area contributed by atoms with E-state index in [2.05, 4.69) is 6.92 Å². The number of hydrogen-bond acceptors (Lipinski definition) is 6. The first kappa shape index (κ1) is 27.8. The SMILES string of the molecule is CCCC[C@@H](C)[C@H](O)[C@@H](O)C[C@@H](C)C[C@@H](O)CCCC[C@H](O)C[C@H](O)[C@H](C)N. The number of rotatable bonds is 17. The van der Waals surface area contributed by atoms with Crippen molar-refractivity contribution >= 4 is 0 Å². The molecule has 0 aliphatic carbocycles. The molecule has 8 atom stereocenters. The van der Waals surface area contributed by atoms with Crippen LogP contribution in [0, 0.1) is 11.8 Å². The summed E-state index contributed by atoms with van der Waals surface area (Å²) in [6.07, 6.45) is 4.10. The van der Waals surface area contributed by atoms with Crippen molar-refractivity contribution in [1.82, 2.24) is 0 Å². The Labute approximate surface area is 172 Å². The summed E-state index contributed by atoms with van der Waals surface area (Å²) in [6, 6.07) is -0.346. The maximum Gasteiger partial charge on any atom is 0.0824 e. The van der Waals surface area contributed by atoms with Crippen molar-refractivity contribution in [3.05, 3.63) is 0 Å². The zero-order chi connectivity index (χ0) is 21.7. The molecule has 0 aromatic carbocycles. The van der Waals surface area contributed by atoms with Gasteiger partial charge < -0.3 is 31.3 Å². The fourth-order valence-corrected chi connectivity index (χ4v) is 3.68. The summed E-state index contributed by atoms with van der Waals surface area (Å²) < 4.78 is 0. The molecule has 0 radical (unpaired) electrons. The molecule has 0 aromatic rings. The minimum Gasteiger partial charge on any atom is -0.393 e. The van der Waals surface area contributed by atoms with Crippen molar-refractivity contribution in [2.24, 2.45) is 17.6 Å². The second-order valence-corrected chi connectivity index (χ2v) is 9.01. The first-order valence-electron chi connectivity index (χ1n) is 11.2. The lowest BCUT2D eigenvalue weighted by Gasteiger charge is -2.26. The monoisotopic (exact) mass is 405 g/mol. The Bertz CT molecular complexity index is 369. The predicted octanol–water partition coefficient (Wildman–Crippen LogP) is 2.33. The van der Waals surface area contributed by atoms with E-state index in [1.165, 1.54) is 0 Å². The molecule has 0 aliphatic rings. The number of aliphatic hydroxyl groups excluding tert-OH is 5. The van der Waals surface area contributed by atoms with Crippen molar-refractivity contribution in [3.8, 4) is 0 Å². The van der Waals surface area contributed by atoms with E-state index >= 15 is 0 Å². The minimum atomic E-state index is -0.749. The van der Waals surface area contributed by atoms with E-state index in [4.69, 9.17) is 5.73 Å². The van der Waals surface area contributed by atoms with Gasteiger partial charge in [-0.1, -0.05) is 46.5 Å². The number of unbranched alkanes of at least 4 members (excludes halogenated alkanes) is 2. The van der Waals surface area contributed by atoms with Crippen LogP contribution in [0.15, 0.2) is 0 Å². The zero-order valence-electron chi connectivity index (χ0n) is 18.5. The molecule has 0 unspecified atom stereocenters. The lowest BCUT2D eigenvalue weighted by atomic mass is 9.88. The van der Waals surface area contributed by atoms with E-state index in [1.807, 2.05) is 13.8 Å². The highest BCUT2D eigenvalue weighted by atomic mass is 16.3. The molecule has 7 N–H and O–H groups in total. The Balaban J connectivity index is 3.98. The normalized spacial score (nSPS) is 20.8. The molecule has 0 fully saturated rings. The first-order valence-corrected chi connectivity index (χ1v) is 11.2. The van der Waals surface area contributed by atoms with Crippen LogP contribution in [-0.4, -0.2) is 62.1 Å². The van der Waals surface area contributed by atoms with Gasteiger partial charge in [-0.2, -0.15) is 0 Å². The summed E-state index contributed by atoms with van der Waals surface area (Å²) in [6.45, 7) is 7.81. The second kappa shape index (κ2) is 15.6. The molecule has 0 bridgehead atoms. The van der Waals surface area contributed by atoms with Crippen LogP contribution in [0.4, 0.5) is 0 Å². The van der Waals surface area contributed by atoms with Gasteiger partial charge >= 0.3 is 0 Å². The lowest BCUT2D eigenvalue weighted by Crippen LogP contribution is -2.34. The van der Waals surface area contributed by atoms with Crippen molar-refractivity contribution in [3.63, 3.8) is 0 Å². The average Bonchev–Trinajstić information content (AvgIpc) is 2.62. The molecule has 0 spiro atoms. The van der Waals surface area contributed by atoms with Crippen molar-refractivity contribution in [1.29, 1.82) is 0 Å². The molecule has 0 aliphatic heterocycles. The maximum absolute atomic E-state index is 10.3. The van der Waals surface area contributed by atoms with Crippen LogP contribution < -0.4 is 5.73 Å². The van der Waals surface area contributed by atoms with Gasteiger partial charge in [-0.3, -0.25) is 0 Å². The van der Waals surface area contributed by atoms with Crippen LogP contribution in [0.3, 0.4) is 0 Å². The molecule has 28 heavy (non-hydrogen) atoms. The summed E-state index contributed by atoms with van der Waals surface area (Å²) in [5.74, 6) is 0.212. The van der Waals surface area contributed by atoms with E-state index in [9.17, 15) is 25.5 Å². The van der Waals surface area contributed by atoms with Gasteiger partial charge in [-0.25, -0.2) is 0 Å². The van der Waals surface area contributed by atoms with Crippen LogP contribution in [0.25, 0.3) is 0 Å². The van der Waals surface area contributed by atoms with Crippen LogP contribution in [0.5, 0.6) is 0 Å². The topological polar surface area (TPSA) is 127 Å². The van der Waals surface area contributed by atoms with Crippen LogP contribution in [0.2, 0.25) is 0 Å². The summed E-state index contributed by atoms with van der Waals surface area (Å²) in [4.78, 5) is 0. The fraction of sp³-hybridized carbons (Fsp3) is 1.00. The molecule has 0 heterocycles. The molecule has 170 valence electrons. The van der Waals surface area contributed by atoms with Gasteiger partial charge in [0.05, 0.1) is 30.5 Å². The van der Waals surface area contributed by atoms with Crippen molar-refractivity contribution in [2.75, 3.05) is 0 Å². The van der Waals surface area contributed by atoms with Crippen LogP contribution in [0.1, 0.15) is 91.9 Å². The molecule has 0 saturated carbocycles. The summed E-state index contributed by atoms with van der Waals surface area (Å²) in [5.41, 5.74) is 5.59. The van der Waals surface area contributed by atoms with E-state index in [1.54, 1.807) is 6.92 Å². The highest BCUT2D eigenvalue weighted by Gasteiger charge is 2.25. The quantitative estimate of drug-likeness (QED) is 0.206. The van der Waals surface area contributed by atoms with E-state index in [0.717, 1.165) is 32.1 Å². The highest BCUT2D eigenvalue weighted by molar-refractivity contribution is 4.76. The summed E-state index contributed by atoms with van der Waals surface area (Å²) in [5, 5.41) is 50.3. The molecule has 0 rings (SSSR count). The third-order valence-corrected chi connectivity index (χ3v) is 5.75. The van der Waals surface area contributed by atoms with Gasteiger partial charge in [0.15, 0.2) is 0 Å². The predicted molar refractivity (Wildman–Crippen MR) is 114 cm³/mol. The number of aliphatic hydroxyl groups is 5. The molecule has 0 aromatic heterocycles. The van der Waals surface area contributed by atoms with Gasteiger partial charge in [0.25, 0.3) is 0 Å². The molecule has 6 nitrogen and oxygen atoms in total. The van der Waals surface area contributed by atoms with E-state index < -0.39 is 30.5 Å².